The van der Waals surface area contributed by atoms with Gasteiger partial charge in [0.2, 0.25) is 0 Å². The second-order valence-corrected chi connectivity index (χ2v) is 12.3. The molecular weight excluding hydrogens is 775 g/mol. The Morgan fingerprint density at radius 2 is 0.935 bits per heavy atom. The van der Waals surface area contributed by atoms with Crippen LogP contribution in [0.25, 0.3) is 11.3 Å². The van der Waals surface area contributed by atoms with Crippen LogP contribution in [-0.4, -0.2) is 38.7 Å². The Labute approximate surface area is 292 Å². The van der Waals surface area contributed by atoms with Crippen molar-refractivity contribution in [3.05, 3.63) is 182 Å². The van der Waals surface area contributed by atoms with Crippen LogP contribution in [0.2, 0.25) is 0 Å². The standard InChI is InChI=1S/C18H12BrNO.C13H11BO3.C5H3Br2N/c19-16-10-11-17(20-12-16)13-6-8-15(9-7-13)18(21)14-4-2-1-3-5-14;15-13(10-4-2-1-3-5-10)11-6-8-12(9-7-11)14(16)17;6-4-1-2-5(7)8-3-4/h1-12H;1-9,16-17H;1-3H. The van der Waals surface area contributed by atoms with Crippen LogP contribution in [0.1, 0.15) is 31.8 Å². The van der Waals surface area contributed by atoms with Gasteiger partial charge in [0.15, 0.2) is 11.6 Å². The first-order valence-electron chi connectivity index (χ1n) is 13.9. The molecule has 0 saturated carbocycles. The van der Waals surface area contributed by atoms with Gasteiger partial charge in [-0.15, -0.1) is 0 Å². The van der Waals surface area contributed by atoms with Crippen LogP contribution in [0.4, 0.5) is 0 Å². The van der Waals surface area contributed by atoms with Crippen molar-refractivity contribution in [3.63, 3.8) is 0 Å². The van der Waals surface area contributed by atoms with E-state index in [2.05, 4.69) is 57.8 Å². The molecule has 6 rings (SSSR count). The van der Waals surface area contributed by atoms with E-state index in [1.807, 2.05) is 84.9 Å². The summed E-state index contributed by atoms with van der Waals surface area (Å²) in [7, 11) is -1.50. The van der Waals surface area contributed by atoms with E-state index in [4.69, 9.17) is 10.0 Å². The summed E-state index contributed by atoms with van der Waals surface area (Å²) in [4.78, 5) is 32.6. The summed E-state index contributed by atoms with van der Waals surface area (Å²) in [6.07, 6.45) is 3.50. The fraction of sp³-hybridized carbons (Fsp3) is 0. The Hall–Kier alpha value is -4.06. The molecule has 0 fully saturated rings. The third-order valence-electron chi connectivity index (χ3n) is 6.40. The number of ketones is 2. The molecule has 2 aromatic heterocycles. The molecule has 10 heteroatoms. The predicted molar refractivity (Wildman–Crippen MR) is 193 cm³/mol. The molecule has 46 heavy (non-hydrogen) atoms. The van der Waals surface area contributed by atoms with E-state index in [0.29, 0.717) is 27.7 Å². The number of carbonyl (C=O) groups excluding carboxylic acids is 2. The lowest BCUT2D eigenvalue weighted by Gasteiger charge is -2.04. The predicted octanol–water partition coefficient (Wildman–Crippen LogP) is 7.95. The van der Waals surface area contributed by atoms with Crippen molar-refractivity contribution in [2.45, 2.75) is 0 Å². The van der Waals surface area contributed by atoms with Crippen molar-refractivity contribution < 1.29 is 19.6 Å². The lowest BCUT2D eigenvalue weighted by atomic mass is 9.80. The van der Waals surface area contributed by atoms with E-state index in [1.54, 1.807) is 48.8 Å². The van der Waals surface area contributed by atoms with Crippen LogP contribution in [0.15, 0.2) is 159 Å². The molecule has 228 valence electrons. The molecule has 2 heterocycles. The SMILES string of the molecule is Brc1ccc(Br)nc1.O=C(c1ccccc1)c1ccc(-c2ccc(Br)cn2)cc1.O=C(c1ccccc1)c1ccc(B(O)O)cc1. The van der Waals surface area contributed by atoms with Gasteiger partial charge in [-0.2, -0.15) is 0 Å². The number of pyridine rings is 2. The summed E-state index contributed by atoms with van der Waals surface area (Å²) < 4.78 is 2.81. The van der Waals surface area contributed by atoms with Crippen molar-refractivity contribution in [3.8, 4) is 11.3 Å². The largest absolute Gasteiger partial charge is 0.488 e. The number of hydrogen-bond donors (Lipinski definition) is 2. The van der Waals surface area contributed by atoms with Gasteiger partial charge in [-0.25, -0.2) is 4.98 Å². The number of rotatable bonds is 6. The van der Waals surface area contributed by atoms with E-state index in [-0.39, 0.29) is 11.6 Å². The molecule has 0 aliphatic heterocycles. The van der Waals surface area contributed by atoms with E-state index < -0.39 is 7.12 Å². The third-order valence-corrected chi connectivity index (χ3v) is 7.81. The highest BCUT2D eigenvalue weighted by Gasteiger charge is 2.13. The smallest absolute Gasteiger partial charge is 0.423 e. The fourth-order valence-electron chi connectivity index (χ4n) is 4.02. The highest BCUT2D eigenvalue weighted by Crippen LogP contribution is 2.20. The number of carbonyl (C=O) groups is 2. The van der Waals surface area contributed by atoms with Crippen LogP contribution >= 0.6 is 47.8 Å². The van der Waals surface area contributed by atoms with Gasteiger partial charge >= 0.3 is 7.12 Å². The summed E-state index contributed by atoms with van der Waals surface area (Å²) in [5, 5.41) is 17.9. The lowest BCUT2D eigenvalue weighted by Crippen LogP contribution is -2.29. The van der Waals surface area contributed by atoms with Crippen LogP contribution in [0, 0.1) is 0 Å². The maximum Gasteiger partial charge on any atom is 0.488 e. The fourth-order valence-corrected chi connectivity index (χ4v) is 4.72. The van der Waals surface area contributed by atoms with Crippen molar-refractivity contribution in [2.75, 3.05) is 0 Å². The number of benzene rings is 4. The van der Waals surface area contributed by atoms with Crippen molar-refractivity contribution in [1.82, 2.24) is 9.97 Å². The monoisotopic (exact) mass is 798 g/mol. The molecule has 0 radical (unpaired) electrons. The summed E-state index contributed by atoms with van der Waals surface area (Å²) >= 11 is 9.84. The van der Waals surface area contributed by atoms with E-state index >= 15 is 0 Å². The first-order chi connectivity index (χ1) is 22.2. The highest BCUT2D eigenvalue weighted by atomic mass is 79.9. The topological polar surface area (TPSA) is 100 Å². The molecule has 0 amide bonds. The van der Waals surface area contributed by atoms with Crippen LogP contribution in [-0.2, 0) is 0 Å². The quantitative estimate of drug-likeness (QED) is 0.101. The molecule has 0 aliphatic rings. The van der Waals surface area contributed by atoms with Crippen LogP contribution < -0.4 is 5.46 Å². The Balaban J connectivity index is 0.000000172. The van der Waals surface area contributed by atoms with Crippen molar-refractivity contribution in [1.29, 1.82) is 0 Å². The normalized spacial score (nSPS) is 10.0. The van der Waals surface area contributed by atoms with Crippen molar-refractivity contribution in [2.24, 2.45) is 0 Å². The van der Waals surface area contributed by atoms with Gasteiger partial charge in [-0.3, -0.25) is 14.6 Å². The molecule has 0 unspecified atom stereocenters. The number of aromatic nitrogens is 2. The minimum Gasteiger partial charge on any atom is -0.423 e. The first-order valence-corrected chi connectivity index (χ1v) is 16.2. The minimum absolute atomic E-state index is 0.0333. The molecule has 0 aliphatic carbocycles. The Kier molecular flexibility index (Phi) is 13.3. The maximum atomic E-state index is 12.3. The van der Waals surface area contributed by atoms with E-state index in [9.17, 15) is 9.59 Å². The van der Waals surface area contributed by atoms with E-state index in [0.717, 1.165) is 24.8 Å². The van der Waals surface area contributed by atoms with Gasteiger partial charge < -0.3 is 10.0 Å². The Morgan fingerprint density at radius 3 is 1.33 bits per heavy atom. The summed E-state index contributed by atoms with van der Waals surface area (Å²) in [5.41, 5.74) is 4.78. The molecular formula is C36H26BBr3N2O4. The number of nitrogens with zero attached hydrogens (tertiary/aromatic N) is 2. The summed E-state index contributed by atoms with van der Waals surface area (Å²) in [6.45, 7) is 0. The summed E-state index contributed by atoms with van der Waals surface area (Å²) in [6, 6.07) is 39.7. The second-order valence-electron chi connectivity index (χ2n) is 9.62. The molecule has 6 nitrogen and oxygen atoms in total. The maximum absolute atomic E-state index is 12.3. The second kappa shape index (κ2) is 17.6. The van der Waals surface area contributed by atoms with Crippen LogP contribution in [0.5, 0.6) is 0 Å². The zero-order valence-corrected chi connectivity index (χ0v) is 28.9. The molecule has 0 atom stereocenters. The molecule has 6 aromatic rings. The van der Waals surface area contributed by atoms with Gasteiger partial charge in [0.1, 0.15) is 4.60 Å². The van der Waals surface area contributed by atoms with Gasteiger partial charge in [0.25, 0.3) is 0 Å². The van der Waals surface area contributed by atoms with Gasteiger partial charge in [0.05, 0.1) is 5.69 Å². The van der Waals surface area contributed by atoms with Gasteiger partial charge in [-0.05, 0) is 77.5 Å². The van der Waals surface area contributed by atoms with Gasteiger partial charge in [-0.1, -0.05) is 109 Å². The molecule has 2 N–H and O–H groups in total. The van der Waals surface area contributed by atoms with Crippen molar-refractivity contribution >= 4 is 71.9 Å². The molecule has 0 saturated heterocycles. The van der Waals surface area contributed by atoms with E-state index in [1.165, 1.54) is 12.1 Å². The number of hydrogen-bond acceptors (Lipinski definition) is 6. The molecule has 0 bridgehead atoms. The summed E-state index contributed by atoms with van der Waals surface area (Å²) in [5.74, 6) is -0.0458. The Morgan fingerprint density at radius 1 is 0.500 bits per heavy atom. The third kappa shape index (κ3) is 10.5. The van der Waals surface area contributed by atoms with Gasteiger partial charge in [0, 0.05) is 49.2 Å². The average Bonchev–Trinajstić information content (AvgIpc) is 3.11. The average molecular weight is 801 g/mol. The zero-order chi connectivity index (χ0) is 32.9. The Bertz CT molecular complexity index is 1820. The minimum atomic E-state index is -1.50. The first kappa shape index (κ1) is 34.8. The molecule has 4 aromatic carbocycles. The van der Waals surface area contributed by atoms with Crippen LogP contribution in [0.3, 0.4) is 0 Å². The lowest BCUT2D eigenvalue weighted by molar-refractivity contribution is 0.103. The zero-order valence-electron chi connectivity index (χ0n) is 24.2. The molecule has 0 spiro atoms. The number of halogens is 3. The highest BCUT2D eigenvalue weighted by molar-refractivity contribution is 9.11.